The predicted molar refractivity (Wildman–Crippen MR) is 79.8 cm³/mol. The highest BCUT2D eigenvalue weighted by molar-refractivity contribution is 5.44. The Labute approximate surface area is 120 Å². The number of hydrogen-bond acceptors (Lipinski definition) is 4. The van der Waals surface area contributed by atoms with Crippen LogP contribution >= 0.6 is 0 Å². The maximum atomic E-state index is 11.0. The van der Waals surface area contributed by atoms with Crippen LogP contribution in [0.1, 0.15) is 24.0 Å². The number of nitrogens with zero attached hydrogens (tertiary/aromatic N) is 2. The van der Waals surface area contributed by atoms with Crippen molar-refractivity contribution in [1.82, 2.24) is 10.2 Å². The molecule has 5 heteroatoms. The van der Waals surface area contributed by atoms with Crippen molar-refractivity contribution in [3.63, 3.8) is 0 Å². The zero-order valence-electron chi connectivity index (χ0n) is 12.3. The minimum absolute atomic E-state index is 0.229. The fourth-order valence-electron chi connectivity index (χ4n) is 2.92. The van der Waals surface area contributed by atoms with E-state index < -0.39 is 0 Å². The zero-order chi connectivity index (χ0) is 14.5. The molecule has 1 aromatic rings. The van der Waals surface area contributed by atoms with Crippen LogP contribution in [0.15, 0.2) is 18.2 Å². The quantitative estimate of drug-likeness (QED) is 0.663. The van der Waals surface area contributed by atoms with Crippen molar-refractivity contribution < 1.29 is 4.92 Å². The number of likely N-dealkylation sites (tertiary alicyclic amines) is 1. The van der Waals surface area contributed by atoms with Gasteiger partial charge in [-0.2, -0.15) is 0 Å². The first kappa shape index (κ1) is 14.9. The summed E-state index contributed by atoms with van der Waals surface area (Å²) < 4.78 is 0. The summed E-state index contributed by atoms with van der Waals surface area (Å²) in [5.41, 5.74) is 2.11. The van der Waals surface area contributed by atoms with Gasteiger partial charge in [0.2, 0.25) is 0 Å². The van der Waals surface area contributed by atoms with E-state index in [9.17, 15) is 10.1 Å². The third kappa shape index (κ3) is 3.55. The van der Waals surface area contributed by atoms with Crippen molar-refractivity contribution >= 4 is 5.69 Å². The van der Waals surface area contributed by atoms with Gasteiger partial charge in [-0.25, -0.2) is 0 Å². The number of nitrogens with one attached hydrogen (secondary N) is 1. The third-order valence-corrected chi connectivity index (χ3v) is 4.21. The van der Waals surface area contributed by atoms with Crippen LogP contribution in [0.3, 0.4) is 0 Å². The maximum absolute atomic E-state index is 11.0. The van der Waals surface area contributed by atoms with Crippen molar-refractivity contribution in [2.75, 3.05) is 26.7 Å². The summed E-state index contributed by atoms with van der Waals surface area (Å²) in [4.78, 5) is 13.1. The lowest BCUT2D eigenvalue weighted by Crippen LogP contribution is -2.36. The topological polar surface area (TPSA) is 58.4 Å². The van der Waals surface area contributed by atoms with Crippen LogP contribution in [-0.2, 0) is 6.54 Å². The van der Waals surface area contributed by atoms with Crippen molar-refractivity contribution in [2.24, 2.45) is 5.92 Å². The molecule has 0 radical (unpaired) electrons. The monoisotopic (exact) mass is 277 g/mol. The van der Waals surface area contributed by atoms with Gasteiger partial charge in [0.25, 0.3) is 5.69 Å². The highest BCUT2D eigenvalue weighted by atomic mass is 16.6. The molecule has 1 aliphatic heterocycles. The molecule has 0 atom stereocenters. The van der Waals surface area contributed by atoms with E-state index in [0.717, 1.165) is 43.2 Å². The van der Waals surface area contributed by atoms with E-state index in [1.54, 1.807) is 12.1 Å². The minimum atomic E-state index is -0.294. The van der Waals surface area contributed by atoms with Crippen molar-refractivity contribution in [3.8, 4) is 0 Å². The molecule has 5 nitrogen and oxygen atoms in total. The van der Waals surface area contributed by atoms with E-state index in [1.807, 2.05) is 20.0 Å². The number of benzene rings is 1. The highest BCUT2D eigenvalue weighted by Crippen LogP contribution is 2.24. The molecule has 1 aliphatic rings. The molecule has 110 valence electrons. The summed E-state index contributed by atoms with van der Waals surface area (Å²) in [6, 6.07) is 5.37. The summed E-state index contributed by atoms with van der Waals surface area (Å²) >= 11 is 0. The van der Waals surface area contributed by atoms with Crippen molar-refractivity contribution in [1.29, 1.82) is 0 Å². The Morgan fingerprint density at radius 2 is 2.10 bits per heavy atom. The maximum Gasteiger partial charge on any atom is 0.272 e. The van der Waals surface area contributed by atoms with Gasteiger partial charge >= 0.3 is 0 Å². The molecule has 0 amide bonds. The molecule has 1 N–H and O–H groups in total. The fraction of sp³-hybridized carbons (Fsp3) is 0.600. The van der Waals surface area contributed by atoms with E-state index in [4.69, 9.17) is 0 Å². The van der Waals surface area contributed by atoms with Gasteiger partial charge in [0.15, 0.2) is 0 Å². The van der Waals surface area contributed by atoms with Crippen LogP contribution in [0.4, 0.5) is 5.69 Å². The van der Waals surface area contributed by atoms with E-state index in [0.29, 0.717) is 0 Å². The van der Waals surface area contributed by atoms with Crippen LogP contribution in [0.5, 0.6) is 0 Å². The highest BCUT2D eigenvalue weighted by Gasteiger charge is 2.20. The van der Waals surface area contributed by atoms with E-state index in [1.165, 1.54) is 12.8 Å². The van der Waals surface area contributed by atoms with Gasteiger partial charge in [-0.15, -0.1) is 0 Å². The zero-order valence-corrected chi connectivity index (χ0v) is 12.3. The lowest BCUT2D eigenvalue weighted by Gasteiger charge is -2.32. The van der Waals surface area contributed by atoms with Gasteiger partial charge in [0.05, 0.1) is 4.92 Å². The van der Waals surface area contributed by atoms with Crippen molar-refractivity contribution in [2.45, 2.75) is 26.3 Å². The molecule has 1 saturated heterocycles. The first-order valence-corrected chi connectivity index (χ1v) is 7.21. The van der Waals surface area contributed by atoms with Crippen LogP contribution < -0.4 is 5.32 Å². The number of nitro benzene ring substituents is 1. The standard InChI is InChI=1S/C15H23N3O2/c1-12-14(4-3-5-15(12)18(19)20)11-17-8-6-13(7-9-17)10-16-2/h3-5,13,16H,6-11H2,1-2H3. The predicted octanol–water partition coefficient (Wildman–Crippen LogP) is 2.33. The lowest BCUT2D eigenvalue weighted by molar-refractivity contribution is -0.385. The molecule has 0 aliphatic carbocycles. The summed E-state index contributed by atoms with van der Waals surface area (Å²) in [6.45, 7) is 5.91. The molecule has 0 spiro atoms. The Morgan fingerprint density at radius 3 is 2.70 bits per heavy atom. The summed E-state index contributed by atoms with van der Waals surface area (Å²) in [7, 11) is 2.00. The van der Waals surface area contributed by atoms with Crippen molar-refractivity contribution in [3.05, 3.63) is 39.4 Å². The average Bonchev–Trinajstić information content (AvgIpc) is 2.43. The summed E-state index contributed by atoms with van der Waals surface area (Å²) in [5.74, 6) is 0.766. The third-order valence-electron chi connectivity index (χ3n) is 4.21. The van der Waals surface area contributed by atoms with Gasteiger partial charge in [0, 0.05) is 18.2 Å². The fourth-order valence-corrected chi connectivity index (χ4v) is 2.92. The number of rotatable bonds is 5. The number of hydrogen-bond donors (Lipinski definition) is 1. The SMILES string of the molecule is CNCC1CCN(Cc2cccc([N+](=O)[O-])c2C)CC1. The molecule has 2 rings (SSSR count). The molecule has 1 fully saturated rings. The molecule has 0 unspecified atom stereocenters. The molecular formula is C15H23N3O2. The number of piperidine rings is 1. The second-order valence-corrected chi connectivity index (χ2v) is 5.60. The van der Waals surface area contributed by atoms with Gasteiger partial charge < -0.3 is 5.32 Å². The summed E-state index contributed by atoms with van der Waals surface area (Å²) in [6.07, 6.45) is 2.41. The Hall–Kier alpha value is -1.46. The van der Waals surface area contributed by atoms with Gasteiger partial charge in [-0.05, 0) is 57.9 Å². The first-order chi connectivity index (χ1) is 9.61. The Bertz CT molecular complexity index is 468. The average molecular weight is 277 g/mol. The summed E-state index contributed by atoms with van der Waals surface area (Å²) in [5, 5.41) is 14.2. The molecule has 0 saturated carbocycles. The molecule has 0 aromatic heterocycles. The Balaban J connectivity index is 1.98. The second-order valence-electron chi connectivity index (χ2n) is 5.60. The Morgan fingerprint density at radius 1 is 1.40 bits per heavy atom. The van der Waals surface area contributed by atoms with E-state index in [2.05, 4.69) is 10.2 Å². The molecule has 1 aromatic carbocycles. The molecule has 1 heterocycles. The van der Waals surface area contributed by atoms with E-state index >= 15 is 0 Å². The molecule has 0 bridgehead atoms. The van der Waals surface area contributed by atoms with Gasteiger partial charge in [0.1, 0.15) is 0 Å². The van der Waals surface area contributed by atoms with Crippen LogP contribution in [-0.4, -0.2) is 36.5 Å². The molecule has 20 heavy (non-hydrogen) atoms. The Kier molecular flexibility index (Phi) is 5.09. The smallest absolute Gasteiger partial charge is 0.272 e. The lowest BCUT2D eigenvalue weighted by atomic mass is 9.96. The van der Waals surface area contributed by atoms with Gasteiger partial charge in [-0.1, -0.05) is 12.1 Å². The normalized spacial score (nSPS) is 17.3. The second kappa shape index (κ2) is 6.81. The number of nitro groups is 1. The van der Waals surface area contributed by atoms with E-state index in [-0.39, 0.29) is 10.6 Å². The minimum Gasteiger partial charge on any atom is -0.319 e. The van der Waals surface area contributed by atoms with Gasteiger partial charge in [-0.3, -0.25) is 15.0 Å². The van der Waals surface area contributed by atoms with Crippen LogP contribution in [0.2, 0.25) is 0 Å². The first-order valence-electron chi connectivity index (χ1n) is 7.21. The molecular weight excluding hydrogens is 254 g/mol. The van der Waals surface area contributed by atoms with Crippen LogP contribution in [0, 0.1) is 23.0 Å². The van der Waals surface area contributed by atoms with Crippen LogP contribution in [0.25, 0.3) is 0 Å². The largest absolute Gasteiger partial charge is 0.319 e.